The van der Waals surface area contributed by atoms with E-state index in [9.17, 15) is 9.59 Å². The number of carbonyl (C=O) groups is 2. The molecule has 0 spiro atoms. The van der Waals surface area contributed by atoms with Crippen molar-refractivity contribution in [3.05, 3.63) is 58.6 Å². The van der Waals surface area contributed by atoms with Crippen molar-refractivity contribution in [2.45, 2.75) is 20.3 Å². The number of hydrazone groups is 1. The highest BCUT2D eigenvalue weighted by atomic mass is 35.5. The summed E-state index contributed by atoms with van der Waals surface area (Å²) in [5, 5.41) is 13.4. The van der Waals surface area contributed by atoms with Gasteiger partial charge in [0.25, 0.3) is 5.91 Å². The number of benzene rings is 2. The van der Waals surface area contributed by atoms with Crippen molar-refractivity contribution in [3.63, 3.8) is 0 Å². The average Bonchev–Trinajstić information content (AvgIpc) is 2.67. The Bertz CT molecular complexity index is 865. The first-order valence-electron chi connectivity index (χ1n) is 8.58. The molecule has 0 fully saturated rings. The Balaban J connectivity index is 1.92. The molecule has 7 nitrogen and oxygen atoms in total. The van der Waals surface area contributed by atoms with Crippen LogP contribution in [0, 0.1) is 6.92 Å². The molecule has 2 aromatic carbocycles. The van der Waals surface area contributed by atoms with Gasteiger partial charge in [-0.15, -0.1) is 0 Å². The third-order valence-electron chi connectivity index (χ3n) is 3.70. The van der Waals surface area contributed by atoms with Gasteiger partial charge in [0.2, 0.25) is 0 Å². The number of aliphatic carboxylic acids is 1. The van der Waals surface area contributed by atoms with Gasteiger partial charge >= 0.3 is 5.97 Å². The normalized spacial score (nSPS) is 11.0. The summed E-state index contributed by atoms with van der Waals surface area (Å²) in [6.45, 7) is 3.17. The zero-order valence-electron chi connectivity index (χ0n) is 15.6. The molecule has 148 valence electrons. The molecular formula is C20H21ClN2O5. The fraction of sp³-hybridized carbons (Fsp3) is 0.250. The number of ether oxygens (including phenoxy) is 2. The Labute approximate surface area is 167 Å². The lowest BCUT2D eigenvalue weighted by molar-refractivity contribution is -0.139. The predicted molar refractivity (Wildman–Crippen MR) is 106 cm³/mol. The van der Waals surface area contributed by atoms with E-state index >= 15 is 0 Å². The molecule has 0 bridgehead atoms. The Hall–Kier alpha value is -3.06. The van der Waals surface area contributed by atoms with Crippen LogP contribution >= 0.6 is 11.6 Å². The van der Waals surface area contributed by atoms with Crippen LogP contribution < -0.4 is 14.9 Å². The Morgan fingerprint density at radius 3 is 2.43 bits per heavy atom. The molecule has 0 unspecified atom stereocenters. The molecule has 0 aliphatic heterocycles. The summed E-state index contributed by atoms with van der Waals surface area (Å²) in [6, 6.07) is 12.0. The summed E-state index contributed by atoms with van der Waals surface area (Å²) < 4.78 is 10.6. The quantitative estimate of drug-likeness (QED) is 0.493. The van der Waals surface area contributed by atoms with E-state index in [1.165, 1.54) is 0 Å². The molecule has 28 heavy (non-hydrogen) atoms. The highest BCUT2D eigenvalue weighted by Gasteiger charge is 2.07. The van der Waals surface area contributed by atoms with Crippen LogP contribution in [-0.4, -0.2) is 35.9 Å². The van der Waals surface area contributed by atoms with E-state index in [4.69, 9.17) is 26.2 Å². The molecule has 0 aromatic heterocycles. The maximum atomic E-state index is 12.0. The number of halogens is 1. The van der Waals surface area contributed by atoms with Gasteiger partial charge in [-0.3, -0.25) is 4.79 Å². The number of nitrogens with zero attached hydrogens (tertiary/aromatic N) is 1. The van der Waals surface area contributed by atoms with Crippen LogP contribution in [0.2, 0.25) is 5.02 Å². The first kappa shape index (κ1) is 21.2. The van der Waals surface area contributed by atoms with Crippen LogP contribution in [0.25, 0.3) is 0 Å². The van der Waals surface area contributed by atoms with Gasteiger partial charge in [-0.05, 0) is 66.9 Å². The van der Waals surface area contributed by atoms with Crippen molar-refractivity contribution in [3.8, 4) is 11.5 Å². The van der Waals surface area contributed by atoms with Gasteiger partial charge in [-0.25, -0.2) is 10.2 Å². The summed E-state index contributed by atoms with van der Waals surface area (Å²) in [5.74, 6) is -0.408. The molecule has 2 N–H and O–H groups in total. The molecule has 2 aromatic rings. The van der Waals surface area contributed by atoms with Gasteiger partial charge in [0.1, 0.15) is 11.5 Å². The van der Waals surface area contributed by atoms with E-state index in [0.717, 1.165) is 11.1 Å². The maximum Gasteiger partial charge on any atom is 0.341 e. The molecule has 0 saturated carbocycles. The zero-order chi connectivity index (χ0) is 20.5. The van der Waals surface area contributed by atoms with Crippen molar-refractivity contribution in [2.75, 3.05) is 13.2 Å². The third kappa shape index (κ3) is 6.59. The topological polar surface area (TPSA) is 97.2 Å². The smallest absolute Gasteiger partial charge is 0.341 e. The molecule has 0 saturated heterocycles. The van der Waals surface area contributed by atoms with Crippen LogP contribution in [0.5, 0.6) is 11.5 Å². The van der Waals surface area contributed by atoms with Gasteiger partial charge in [0.05, 0.1) is 5.71 Å². The second-order valence-electron chi connectivity index (χ2n) is 5.85. The number of hydrogen-bond acceptors (Lipinski definition) is 5. The largest absolute Gasteiger partial charge is 0.483 e. The molecule has 1 amide bonds. The minimum absolute atomic E-state index is 0.176. The lowest BCUT2D eigenvalue weighted by atomic mass is 10.1. The first-order valence-corrected chi connectivity index (χ1v) is 8.96. The Kier molecular flexibility index (Phi) is 7.83. The first-order chi connectivity index (χ1) is 13.4. The standard InChI is InChI=1S/C20H21ClN2O5/c1-3-17(14-4-7-16(8-5-14)27-12-20(25)26)22-23-19(24)11-28-18-9-6-15(21)10-13(18)2/h4-10H,3,11-12H2,1-2H3,(H,23,24)(H,25,26)/b22-17-. The monoisotopic (exact) mass is 404 g/mol. The van der Waals surface area contributed by atoms with Crippen molar-refractivity contribution in [1.29, 1.82) is 0 Å². The van der Waals surface area contributed by atoms with Gasteiger partial charge in [0.15, 0.2) is 13.2 Å². The SMILES string of the molecule is CC/C(=N/NC(=O)COc1ccc(Cl)cc1C)c1ccc(OCC(=O)O)cc1. The number of amides is 1. The molecule has 0 heterocycles. The minimum atomic E-state index is -1.04. The second-order valence-corrected chi connectivity index (χ2v) is 6.29. The van der Waals surface area contributed by atoms with Gasteiger partial charge in [-0.2, -0.15) is 5.10 Å². The number of aryl methyl sites for hydroxylation is 1. The van der Waals surface area contributed by atoms with E-state index in [0.29, 0.717) is 28.7 Å². The van der Waals surface area contributed by atoms with E-state index in [1.807, 2.05) is 13.8 Å². The number of rotatable bonds is 9. The molecular weight excluding hydrogens is 384 g/mol. The number of hydrogen-bond donors (Lipinski definition) is 2. The number of nitrogens with one attached hydrogen (secondary N) is 1. The molecule has 2 rings (SSSR count). The minimum Gasteiger partial charge on any atom is -0.483 e. The summed E-state index contributed by atoms with van der Waals surface area (Å²) in [5.41, 5.74) is 4.77. The van der Waals surface area contributed by atoms with E-state index in [-0.39, 0.29) is 12.5 Å². The highest BCUT2D eigenvalue weighted by molar-refractivity contribution is 6.30. The lowest BCUT2D eigenvalue weighted by Gasteiger charge is -2.09. The fourth-order valence-electron chi connectivity index (χ4n) is 2.32. The third-order valence-corrected chi connectivity index (χ3v) is 3.93. The van der Waals surface area contributed by atoms with Crippen LogP contribution in [0.4, 0.5) is 0 Å². The molecule has 0 radical (unpaired) electrons. The number of carboxylic acids is 1. The van der Waals surface area contributed by atoms with Crippen LogP contribution in [0.3, 0.4) is 0 Å². The highest BCUT2D eigenvalue weighted by Crippen LogP contribution is 2.21. The van der Waals surface area contributed by atoms with Crippen LogP contribution in [-0.2, 0) is 9.59 Å². The fourth-order valence-corrected chi connectivity index (χ4v) is 2.54. The maximum absolute atomic E-state index is 12.0. The predicted octanol–water partition coefficient (Wildman–Crippen LogP) is 3.42. The summed E-state index contributed by atoms with van der Waals surface area (Å²) in [4.78, 5) is 22.5. The molecule has 8 heteroatoms. The van der Waals surface area contributed by atoms with Crippen molar-refractivity contribution < 1.29 is 24.2 Å². The molecule has 0 aliphatic rings. The summed E-state index contributed by atoms with van der Waals surface area (Å²) >= 11 is 5.89. The number of carboxylic acid groups (broad SMARTS) is 1. The van der Waals surface area contributed by atoms with Gasteiger partial charge < -0.3 is 14.6 Å². The average molecular weight is 405 g/mol. The molecule has 0 atom stereocenters. The van der Waals surface area contributed by atoms with Crippen molar-refractivity contribution in [2.24, 2.45) is 5.10 Å². The van der Waals surface area contributed by atoms with Gasteiger partial charge in [-0.1, -0.05) is 18.5 Å². The van der Waals surface area contributed by atoms with Crippen molar-refractivity contribution >= 4 is 29.2 Å². The zero-order valence-corrected chi connectivity index (χ0v) is 16.3. The van der Waals surface area contributed by atoms with E-state index in [1.54, 1.807) is 42.5 Å². The second kappa shape index (κ2) is 10.3. The van der Waals surface area contributed by atoms with Crippen LogP contribution in [0.15, 0.2) is 47.6 Å². The lowest BCUT2D eigenvalue weighted by Crippen LogP contribution is -2.26. The van der Waals surface area contributed by atoms with E-state index < -0.39 is 12.6 Å². The molecule has 0 aliphatic carbocycles. The summed E-state index contributed by atoms with van der Waals surface area (Å²) in [6.07, 6.45) is 0.590. The Morgan fingerprint density at radius 1 is 1.11 bits per heavy atom. The van der Waals surface area contributed by atoms with E-state index in [2.05, 4.69) is 10.5 Å². The van der Waals surface area contributed by atoms with Crippen molar-refractivity contribution in [1.82, 2.24) is 5.43 Å². The summed E-state index contributed by atoms with van der Waals surface area (Å²) in [7, 11) is 0. The van der Waals surface area contributed by atoms with Gasteiger partial charge in [0, 0.05) is 5.02 Å². The Morgan fingerprint density at radius 2 is 1.82 bits per heavy atom. The van der Waals surface area contributed by atoms with Crippen LogP contribution in [0.1, 0.15) is 24.5 Å². The number of carbonyl (C=O) groups excluding carboxylic acids is 1.